The quantitative estimate of drug-likeness (QED) is 0.916. The lowest BCUT2D eigenvalue weighted by Gasteiger charge is -2.25. The fraction of sp³-hybridized carbons (Fsp3) is 0.562. The Kier molecular flexibility index (Phi) is 3.50. The van der Waals surface area contributed by atoms with Gasteiger partial charge in [0.15, 0.2) is 0 Å². The Morgan fingerprint density at radius 1 is 1.35 bits per heavy atom. The highest BCUT2D eigenvalue weighted by Gasteiger charge is 2.37. The minimum absolute atomic E-state index is 0.0414. The molecule has 1 saturated carbocycles. The molecule has 2 fully saturated rings. The molecule has 0 aromatic heterocycles. The molecule has 4 heteroatoms. The van der Waals surface area contributed by atoms with E-state index >= 15 is 0 Å². The van der Waals surface area contributed by atoms with Crippen LogP contribution in [0.2, 0.25) is 0 Å². The molecule has 2 unspecified atom stereocenters. The van der Waals surface area contributed by atoms with Gasteiger partial charge in [0.2, 0.25) is 5.91 Å². The Balaban J connectivity index is 1.71. The van der Waals surface area contributed by atoms with Gasteiger partial charge >= 0.3 is 0 Å². The molecule has 1 heterocycles. The van der Waals surface area contributed by atoms with Crippen molar-refractivity contribution in [3.8, 4) is 0 Å². The van der Waals surface area contributed by atoms with Crippen LogP contribution < -0.4 is 5.32 Å². The van der Waals surface area contributed by atoms with Crippen LogP contribution in [0.4, 0.5) is 4.39 Å². The lowest BCUT2D eigenvalue weighted by molar-refractivity contribution is -0.131. The third-order valence-corrected chi connectivity index (χ3v) is 4.40. The second kappa shape index (κ2) is 5.17. The highest BCUT2D eigenvalue weighted by Crippen LogP contribution is 2.28. The molecular weight excluding hydrogens is 255 g/mol. The fourth-order valence-corrected chi connectivity index (χ4v) is 2.82. The Morgan fingerprint density at radius 2 is 2.10 bits per heavy atom. The van der Waals surface area contributed by atoms with Crippen LogP contribution in [0.5, 0.6) is 0 Å². The molecular formula is C16H21FN2O. The van der Waals surface area contributed by atoms with Crippen molar-refractivity contribution in [2.45, 2.75) is 51.2 Å². The van der Waals surface area contributed by atoms with E-state index in [9.17, 15) is 9.18 Å². The topological polar surface area (TPSA) is 32.3 Å². The van der Waals surface area contributed by atoms with Crippen LogP contribution in [0.1, 0.15) is 43.4 Å². The average molecular weight is 276 g/mol. The molecule has 3 rings (SSSR count). The summed E-state index contributed by atoms with van der Waals surface area (Å²) in [5.41, 5.74) is 1.51. The summed E-state index contributed by atoms with van der Waals surface area (Å²) in [4.78, 5) is 14.3. The molecule has 3 nitrogen and oxygen atoms in total. The number of rotatable bonds is 4. The zero-order valence-electron chi connectivity index (χ0n) is 12.0. The van der Waals surface area contributed by atoms with Gasteiger partial charge in [-0.15, -0.1) is 0 Å². The second-order valence-corrected chi connectivity index (χ2v) is 6.00. The summed E-state index contributed by atoms with van der Waals surface area (Å²) in [6.45, 7) is 4.47. The Bertz CT molecular complexity index is 527. The maximum atomic E-state index is 13.7. The summed E-state index contributed by atoms with van der Waals surface area (Å²) >= 11 is 0. The number of hydrogen-bond donors (Lipinski definition) is 1. The molecule has 20 heavy (non-hydrogen) atoms. The van der Waals surface area contributed by atoms with Gasteiger partial charge in [0, 0.05) is 12.6 Å². The number of likely N-dealkylation sites (tertiary alicyclic amines) is 1. The van der Waals surface area contributed by atoms with E-state index in [1.807, 2.05) is 17.9 Å². The van der Waals surface area contributed by atoms with Crippen LogP contribution in [0.15, 0.2) is 18.2 Å². The van der Waals surface area contributed by atoms with Gasteiger partial charge in [-0.3, -0.25) is 4.79 Å². The van der Waals surface area contributed by atoms with Gasteiger partial charge in [0.25, 0.3) is 0 Å². The third kappa shape index (κ3) is 2.57. The number of nitrogens with one attached hydrogen (secondary N) is 1. The van der Waals surface area contributed by atoms with E-state index in [0.717, 1.165) is 18.5 Å². The van der Waals surface area contributed by atoms with E-state index in [0.29, 0.717) is 11.6 Å². The second-order valence-electron chi connectivity index (χ2n) is 6.00. The highest BCUT2D eigenvalue weighted by atomic mass is 19.1. The molecule has 0 bridgehead atoms. The lowest BCUT2D eigenvalue weighted by Crippen LogP contribution is -2.40. The number of nitrogens with zero attached hydrogens (tertiary/aromatic N) is 1. The van der Waals surface area contributed by atoms with Crippen molar-refractivity contribution in [3.63, 3.8) is 0 Å². The summed E-state index contributed by atoms with van der Waals surface area (Å²) in [6, 6.07) is 5.68. The molecule has 1 N–H and O–H groups in total. The van der Waals surface area contributed by atoms with Gasteiger partial charge < -0.3 is 10.2 Å². The fourth-order valence-electron chi connectivity index (χ4n) is 2.82. The SMILES string of the molecule is Cc1ccc(C(C)N2CCC(NC3CC3)C2=O)cc1F. The van der Waals surface area contributed by atoms with Crippen molar-refractivity contribution in [3.05, 3.63) is 35.1 Å². The third-order valence-electron chi connectivity index (χ3n) is 4.40. The summed E-state index contributed by atoms with van der Waals surface area (Å²) in [6.07, 6.45) is 3.22. The molecule has 1 aromatic carbocycles. The van der Waals surface area contributed by atoms with Crippen LogP contribution in [-0.4, -0.2) is 29.4 Å². The van der Waals surface area contributed by atoms with Gasteiger partial charge in [-0.1, -0.05) is 12.1 Å². The maximum absolute atomic E-state index is 13.7. The molecule has 1 aliphatic carbocycles. The van der Waals surface area contributed by atoms with E-state index in [2.05, 4.69) is 5.32 Å². The van der Waals surface area contributed by atoms with Crippen molar-refractivity contribution in [2.24, 2.45) is 0 Å². The summed E-state index contributed by atoms with van der Waals surface area (Å²) < 4.78 is 13.7. The van der Waals surface area contributed by atoms with Crippen LogP contribution in [0.25, 0.3) is 0 Å². The molecule has 0 spiro atoms. The summed E-state index contributed by atoms with van der Waals surface area (Å²) in [5.74, 6) is -0.0426. The first kappa shape index (κ1) is 13.6. The first-order chi connectivity index (χ1) is 9.56. The number of halogens is 1. The predicted octanol–water partition coefficient (Wildman–Crippen LogP) is 2.55. The van der Waals surface area contributed by atoms with Crippen molar-refractivity contribution in [1.29, 1.82) is 0 Å². The molecule has 1 aromatic rings. The van der Waals surface area contributed by atoms with Crippen molar-refractivity contribution in [1.82, 2.24) is 10.2 Å². The lowest BCUT2D eigenvalue weighted by atomic mass is 10.0. The smallest absolute Gasteiger partial charge is 0.240 e. The number of carbonyl (C=O) groups is 1. The highest BCUT2D eigenvalue weighted by molar-refractivity contribution is 5.84. The number of amides is 1. The number of hydrogen-bond acceptors (Lipinski definition) is 2. The van der Waals surface area contributed by atoms with Crippen molar-refractivity contribution in [2.75, 3.05) is 6.54 Å². The normalized spacial score (nSPS) is 24.2. The van der Waals surface area contributed by atoms with Gasteiger partial charge in [0.05, 0.1) is 12.1 Å². The monoisotopic (exact) mass is 276 g/mol. The zero-order valence-corrected chi connectivity index (χ0v) is 12.0. The number of benzene rings is 1. The summed E-state index contributed by atoms with van der Waals surface area (Å²) in [5, 5.41) is 3.39. The number of carbonyl (C=O) groups excluding carboxylic acids is 1. The van der Waals surface area contributed by atoms with Crippen molar-refractivity contribution >= 4 is 5.91 Å². The van der Waals surface area contributed by atoms with E-state index < -0.39 is 0 Å². The van der Waals surface area contributed by atoms with E-state index in [4.69, 9.17) is 0 Å². The molecule has 108 valence electrons. The first-order valence-electron chi connectivity index (χ1n) is 7.39. The van der Waals surface area contributed by atoms with Crippen LogP contribution >= 0.6 is 0 Å². The molecule has 1 amide bonds. The van der Waals surface area contributed by atoms with Gasteiger partial charge in [-0.2, -0.15) is 0 Å². The number of aryl methyl sites for hydroxylation is 1. The van der Waals surface area contributed by atoms with E-state index in [1.165, 1.54) is 12.8 Å². The van der Waals surface area contributed by atoms with E-state index in [-0.39, 0.29) is 23.8 Å². The predicted molar refractivity (Wildman–Crippen MR) is 75.8 cm³/mol. The molecule has 2 atom stereocenters. The largest absolute Gasteiger partial charge is 0.335 e. The minimum atomic E-state index is -0.200. The minimum Gasteiger partial charge on any atom is -0.335 e. The van der Waals surface area contributed by atoms with E-state index in [1.54, 1.807) is 19.1 Å². The van der Waals surface area contributed by atoms with Gasteiger partial charge in [-0.25, -0.2) is 4.39 Å². The average Bonchev–Trinajstić information content (AvgIpc) is 3.17. The molecule has 1 saturated heterocycles. The molecule has 2 aliphatic rings. The zero-order chi connectivity index (χ0) is 14.3. The Morgan fingerprint density at radius 3 is 2.75 bits per heavy atom. The van der Waals surface area contributed by atoms with Crippen molar-refractivity contribution < 1.29 is 9.18 Å². The summed E-state index contributed by atoms with van der Waals surface area (Å²) in [7, 11) is 0. The van der Waals surface area contributed by atoms with Crippen LogP contribution in [-0.2, 0) is 4.79 Å². The Labute approximate surface area is 119 Å². The molecule has 0 radical (unpaired) electrons. The van der Waals surface area contributed by atoms with Crippen LogP contribution in [0.3, 0.4) is 0 Å². The molecule has 1 aliphatic heterocycles. The van der Waals surface area contributed by atoms with Gasteiger partial charge in [0.1, 0.15) is 5.82 Å². The van der Waals surface area contributed by atoms with Crippen LogP contribution in [0, 0.1) is 12.7 Å². The maximum Gasteiger partial charge on any atom is 0.240 e. The Hall–Kier alpha value is -1.42. The first-order valence-corrected chi connectivity index (χ1v) is 7.39. The van der Waals surface area contributed by atoms with Gasteiger partial charge in [-0.05, 0) is 50.3 Å². The standard InChI is InChI=1S/C16H21FN2O/c1-10-3-4-12(9-14(10)17)11(2)19-8-7-15(16(19)20)18-13-5-6-13/h3-4,9,11,13,15,18H,5-8H2,1-2H3.